The zero-order valence-corrected chi connectivity index (χ0v) is 21.5. The van der Waals surface area contributed by atoms with Gasteiger partial charge in [0.15, 0.2) is 5.82 Å². The Kier molecular flexibility index (Phi) is 5.32. The predicted octanol–water partition coefficient (Wildman–Crippen LogP) is 6.06. The minimum Gasteiger partial charge on any atom is -0.340 e. The van der Waals surface area contributed by atoms with Crippen molar-refractivity contribution in [3.05, 3.63) is 96.1 Å². The van der Waals surface area contributed by atoms with Gasteiger partial charge in [-0.3, -0.25) is 4.90 Å². The third kappa shape index (κ3) is 3.73. The van der Waals surface area contributed by atoms with Gasteiger partial charge < -0.3 is 10.2 Å². The van der Waals surface area contributed by atoms with Crippen LogP contribution in [0, 0.1) is 0 Å². The SMILES string of the molecule is CN1C(=S)c2c(nn(Cc3ccc(-c4ccccc4)cc3)c2Nc2ccccc2)N2C1=N[C@@H]1CCC[C@@H]12. The number of thiocarbonyl (C=S) groups is 1. The molecule has 2 aliphatic heterocycles. The van der Waals surface area contributed by atoms with E-state index < -0.39 is 0 Å². The number of aliphatic imine (C=N–C) groups is 1. The van der Waals surface area contributed by atoms with Gasteiger partial charge in [-0.15, -0.1) is 0 Å². The highest BCUT2D eigenvalue weighted by Gasteiger charge is 2.48. The van der Waals surface area contributed by atoms with Crippen LogP contribution in [0.25, 0.3) is 11.1 Å². The summed E-state index contributed by atoms with van der Waals surface area (Å²) in [6, 6.07) is 30.2. The van der Waals surface area contributed by atoms with E-state index in [4.69, 9.17) is 22.3 Å². The second kappa shape index (κ2) is 8.85. The first-order chi connectivity index (χ1) is 18.2. The maximum absolute atomic E-state index is 6.02. The van der Waals surface area contributed by atoms with Gasteiger partial charge in [0.1, 0.15) is 10.8 Å². The van der Waals surface area contributed by atoms with Crippen LogP contribution >= 0.6 is 12.2 Å². The predicted molar refractivity (Wildman–Crippen MR) is 154 cm³/mol. The summed E-state index contributed by atoms with van der Waals surface area (Å²) >= 11 is 6.02. The molecular formula is C30H28N6S. The lowest BCUT2D eigenvalue weighted by atomic mass is 10.0. The van der Waals surface area contributed by atoms with Crippen LogP contribution in [-0.4, -0.2) is 44.8 Å². The van der Waals surface area contributed by atoms with Crippen LogP contribution in [0.4, 0.5) is 17.3 Å². The van der Waals surface area contributed by atoms with Crippen LogP contribution in [0.3, 0.4) is 0 Å². The summed E-state index contributed by atoms with van der Waals surface area (Å²) in [5, 5.41) is 8.84. The van der Waals surface area contributed by atoms with Crippen molar-refractivity contribution in [2.24, 2.45) is 4.99 Å². The number of hydrogen-bond acceptors (Lipinski definition) is 5. The molecule has 0 saturated heterocycles. The minimum absolute atomic E-state index is 0.326. The van der Waals surface area contributed by atoms with Crippen molar-refractivity contribution in [1.29, 1.82) is 0 Å². The molecule has 1 aromatic heterocycles. The minimum atomic E-state index is 0.326. The van der Waals surface area contributed by atoms with Crippen LogP contribution < -0.4 is 10.2 Å². The van der Waals surface area contributed by atoms with Crippen molar-refractivity contribution in [1.82, 2.24) is 14.7 Å². The second-order valence-corrected chi connectivity index (χ2v) is 10.4. The van der Waals surface area contributed by atoms with E-state index in [0.717, 1.165) is 46.7 Å². The van der Waals surface area contributed by atoms with Gasteiger partial charge >= 0.3 is 0 Å². The third-order valence-corrected chi connectivity index (χ3v) is 8.16. The summed E-state index contributed by atoms with van der Waals surface area (Å²) < 4.78 is 2.07. The summed E-state index contributed by atoms with van der Waals surface area (Å²) in [5.74, 6) is 2.79. The fraction of sp³-hybridized carbons (Fsp3) is 0.233. The Morgan fingerprint density at radius 2 is 1.59 bits per heavy atom. The molecule has 37 heavy (non-hydrogen) atoms. The molecule has 1 saturated carbocycles. The van der Waals surface area contributed by atoms with Gasteiger partial charge in [0, 0.05) is 12.7 Å². The first-order valence-corrected chi connectivity index (χ1v) is 13.3. The Bertz CT molecular complexity index is 1490. The molecule has 0 spiro atoms. The summed E-state index contributed by atoms with van der Waals surface area (Å²) in [4.78, 5) is 10.2. The maximum atomic E-state index is 6.02. The number of aromatic nitrogens is 2. The Morgan fingerprint density at radius 3 is 2.35 bits per heavy atom. The van der Waals surface area contributed by atoms with Gasteiger partial charge in [-0.25, -0.2) is 9.67 Å². The Labute approximate surface area is 222 Å². The second-order valence-electron chi connectivity index (χ2n) is 9.99. The molecule has 6 nitrogen and oxygen atoms in total. The molecule has 0 amide bonds. The molecule has 3 aromatic carbocycles. The van der Waals surface area contributed by atoms with Crippen LogP contribution in [0.1, 0.15) is 30.4 Å². The highest BCUT2D eigenvalue weighted by atomic mass is 32.1. The average molecular weight is 505 g/mol. The normalized spacial score (nSPS) is 19.9. The van der Waals surface area contributed by atoms with Gasteiger partial charge in [-0.2, -0.15) is 5.10 Å². The largest absolute Gasteiger partial charge is 0.340 e. The van der Waals surface area contributed by atoms with Crippen LogP contribution in [0.15, 0.2) is 89.9 Å². The van der Waals surface area contributed by atoms with Crippen molar-refractivity contribution in [3.8, 4) is 11.1 Å². The number of benzene rings is 3. The van der Waals surface area contributed by atoms with E-state index in [9.17, 15) is 0 Å². The molecule has 184 valence electrons. The highest BCUT2D eigenvalue weighted by molar-refractivity contribution is 7.80. The number of para-hydroxylation sites is 1. The van der Waals surface area contributed by atoms with E-state index in [1.54, 1.807) is 0 Å². The van der Waals surface area contributed by atoms with Crippen LogP contribution in [0.5, 0.6) is 0 Å². The number of guanidine groups is 1. The molecule has 2 atom stereocenters. The lowest BCUT2D eigenvalue weighted by Gasteiger charge is -2.35. The summed E-state index contributed by atoms with van der Waals surface area (Å²) in [7, 11) is 2.03. The number of rotatable bonds is 5. The molecule has 7 heteroatoms. The third-order valence-electron chi connectivity index (χ3n) is 7.68. The van der Waals surface area contributed by atoms with Crippen molar-refractivity contribution < 1.29 is 0 Å². The summed E-state index contributed by atoms with van der Waals surface area (Å²) in [5.41, 5.74) is 5.60. The molecule has 3 heterocycles. The van der Waals surface area contributed by atoms with Crippen molar-refractivity contribution >= 4 is 40.5 Å². The van der Waals surface area contributed by atoms with Gasteiger partial charge in [-0.1, -0.05) is 85.0 Å². The Hall–Kier alpha value is -3.97. The van der Waals surface area contributed by atoms with Crippen molar-refractivity contribution in [2.75, 3.05) is 17.3 Å². The van der Waals surface area contributed by atoms with E-state index in [-0.39, 0.29) is 0 Å². The van der Waals surface area contributed by atoms with Gasteiger partial charge in [-0.05, 0) is 48.1 Å². The molecule has 0 radical (unpaired) electrons. The van der Waals surface area contributed by atoms with Gasteiger partial charge in [0.2, 0.25) is 5.96 Å². The van der Waals surface area contributed by atoms with Gasteiger partial charge in [0.05, 0.1) is 24.2 Å². The van der Waals surface area contributed by atoms with Crippen LogP contribution in [-0.2, 0) is 6.54 Å². The van der Waals surface area contributed by atoms with Crippen molar-refractivity contribution in [2.45, 2.75) is 37.9 Å². The molecule has 1 aliphatic carbocycles. The quantitative estimate of drug-likeness (QED) is 0.335. The zero-order valence-electron chi connectivity index (χ0n) is 20.7. The molecular weight excluding hydrogens is 476 g/mol. The first-order valence-electron chi connectivity index (χ1n) is 12.9. The molecule has 4 aromatic rings. The number of fused-ring (bicyclic) bond motifs is 5. The monoisotopic (exact) mass is 504 g/mol. The zero-order chi connectivity index (χ0) is 24.9. The van der Waals surface area contributed by atoms with E-state index in [1.807, 2.05) is 31.3 Å². The van der Waals surface area contributed by atoms with E-state index >= 15 is 0 Å². The van der Waals surface area contributed by atoms with Crippen LogP contribution in [0.2, 0.25) is 0 Å². The Morgan fingerprint density at radius 1 is 0.892 bits per heavy atom. The smallest absolute Gasteiger partial charge is 0.208 e. The highest BCUT2D eigenvalue weighted by Crippen LogP contribution is 2.43. The molecule has 3 aliphatic rings. The number of nitrogens with zero attached hydrogens (tertiary/aromatic N) is 5. The molecule has 7 rings (SSSR count). The van der Waals surface area contributed by atoms with Gasteiger partial charge in [0.25, 0.3) is 0 Å². The molecule has 1 fully saturated rings. The summed E-state index contributed by atoms with van der Waals surface area (Å²) in [6.07, 6.45) is 3.47. The fourth-order valence-electron chi connectivity index (χ4n) is 5.81. The van der Waals surface area contributed by atoms with Crippen molar-refractivity contribution in [3.63, 3.8) is 0 Å². The fourth-order valence-corrected chi connectivity index (χ4v) is 6.08. The first kappa shape index (κ1) is 22.2. The van der Waals surface area contributed by atoms with E-state index in [0.29, 0.717) is 18.6 Å². The number of nitrogens with one attached hydrogen (secondary N) is 1. The molecule has 0 bridgehead atoms. The lowest BCUT2D eigenvalue weighted by molar-refractivity contribution is 0.619. The summed E-state index contributed by atoms with van der Waals surface area (Å²) in [6.45, 7) is 0.637. The van der Waals surface area contributed by atoms with E-state index in [1.165, 1.54) is 23.1 Å². The lowest BCUT2D eigenvalue weighted by Crippen LogP contribution is -2.51. The maximum Gasteiger partial charge on any atom is 0.208 e. The topological polar surface area (TPSA) is 48.7 Å². The Balaban J connectivity index is 1.30. The number of anilines is 3. The average Bonchev–Trinajstić information content (AvgIpc) is 3.63. The van der Waals surface area contributed by atoms with E-state index in [2.05, 4.69) is 80.5 Å². The molecule has 0 unspecified atom stereocenters. The number of hydrogen-bond donors (Lipinski definition) is 1. The standard InChI is InChI=1S/C30H28N6S/c1-34-29(37)26-27(31-23-11-6-3-7-12-23)35(33-28(26)36-25-14-8-13-24(25)32-30(34)36)19-20-15-17-22(18-16-20)21-9-4-2-5-10-21/h2-7,9-12,15-18,24-25,31H,8,13-14,19H2,1H3/t24-,25+/m1/s1. The molecule has 1 N–H and O–H groups in total.